The van der Waals surface area contributed by atoms with Gasteiger partial charge in [-0.05, 0) is 36.4 Å². The van der Waals surface area contributed by atoms with Crippen LogP contribution in [0.3, 0.4) is 0 Å². The first-order valence-electron chi connectivity index (χ1n) is 5.73. The van der Waals surface area contributed by atoms with Gasteiger partial charge in [0.25, 0.3) is 5.91 Å². The molecule has 1 aromatic heterocycles. The molecule has 0 unspecified atom stereocenters. The van der Waals surface area contributed by atoms with Crippen molar-refractivity contribution >= 4 is 17.7 Å². The summed E-state index contributed by atoms with van der Waals surface area (Å²) in [6.45, 7) is 0.612. The molecule has 0 radical (unpaired) electrons. The summed E-state index contributed by atoms with van der Waals surface area (Å²) in [5, 5.41) is 2.92. The Bertz CT molecular complexity index is 508. The maximum absolute atomic E-state index is 12.0. The largest absolute Gasteiger partial charge is 0.472 e. The lowest BCUT2D eigenvalue weighted by atomic mass is 10.2. The van der Waals surface area contributed by atoms with Crippen LogP contribution in [0.2, 0.25) is 0 Å². The van der Waals surface area contributed by atoms with Crippen LogP contribution in [0, 0.1) is 0 Å². The van der Waals surface area contributed by atoms with Crippen molar-refractivity contribution in [2.75, 3.05) is 12.8 Å². The van der Waals surface area contributed by atoms with Gasteiger partial charge >= 0.3 is 0 Å². The number of nitrogens with one attached hydrogen (secondary N) is 1. The first-order valence-corrected chi connectivity index (χ1v) is 6.96. The van der Waals surface area contributed by atoms with Crippen LogP contribution in [-0.2, 0) is 6.42 Å². The molecule has 0 atom stereocenters. The molecule has 1 aromatic carbocycles. The molecule has 0 bridgehead atoms. The van der Waals surface area contributed by atoms with Crippen LogP contribution >= 0.6 is 11.8 Å². The van der Waals surface area contributed by atoms with Crippen LogP contribution in [0.1, 0.15) is 15.9 Å². The van der Waals surface area contributed by atoms with E-state index in [1.54, 1.807) is 24.3 Å². The van der Waals surface area contributed by atoms with E-state index in [9.17, 15) is 4.79 Å². The van der Waals surface area contributed by atoms with Crippen molar-refractivity contribution < 1.29 is 9.21 Å². The van der Waals surface area contributed by atoms with Gasteiger partial charge in [0.2, 0.25) is 0 Å². The van der Waals surface area contributed by atoms with Crippen LogP contribution in [0.4, 0.5) is 0 Å². The summed E-state index contributed by atoms with van der Waals surface area (Å²) in [4.78, 5) is 13.0. The molecule has 1 heterocycles. The van der Waals surface area contributed by atoms with E-state index in [1.165, 1.54) is 0 Å². The van der Waals surface area contributed by atoms with E-state index in [2.05, 4.69) is 5.32 Å². The molecule has 2 aromatic rings. The molecule has 0 fully saturated rings. The summed E-state index contributed by atoms with van der Waals surface area (Å²) in [6, 6.07) is 9.52. The molecule has 1 N–H and O–H groups in total. The maximum Gasteiger partial charge on any atom is 0.252 e. The summed E-state index contributed by atoms with van der Waals surface area (Å²) in [6.07, 6.45) is 6.09. The minimum absolute atomic E-state index is 0.0246. The highest BCUT2D eigenvalue weighted by Gasteiger charge is 2.09. The summed E-state index contributed by atoms with van der Waals surface area (Å²) in [5.74, 6) is -0.0246. The molecule has 1 amide bonds. The molecule has 2 rings (SSSR count). The van der Waals surface area contributed by atoms with E-state index in [-0.39, 0.29) is 5.91 Å². The van der Waals surface area contributed by atoms with Gasteiger partial charge in [-0.2, -0.15) is 0 Å². The molecule has 3 nitrogen and oxygen atoms in total. The van der Waals surface area contributed by atoms with E-state index >= 15 is 0 Å². The highest BCUT2D eigenvalue weighted by molar-refractivity contribution is 7.98. The SMILES string of the molecule is CSc1ccccc1C(=O)NCCc1ccoc1. The lowest BCUT2D eigenvalue weighted by Gasteiger charge is -2.07. The van der Waals surface area contributed by atoms with Gasteiger partial charge in [-0.1, -0.05) is 12.1 Å². The highest BCUT2D eigenvalue weighted by Crippen LogP contribution is 2.19. The summed E-state index contributed by atoms with van der Waals surface area (Å²) >= 11 is 1.58. The number of hydrogen-bond donors (Lipinski definition) is 1. The van der Waals surface area contributed by atoms with Crippen molar-refractivity contribution in [3.8, 4) is 0 Å². The Morgan fingerprint density at radius 3 is 2.89 bits per heavy atom. The van der Waals surface area contributed by atoms with Gasteiger partial charge in [0.1, 0.15) is 0 Å². The number of carbonyl (C=O) groups is 1. The number of amides is 1. The number of benzene rings is 1. The zero-order valence-electron chi connectivity index (χ0n) is 10.2. The lowest BCUT2D eigenvalue weighted by molar-refractivity contribution is 0.0951. The fourth-order valence-electron chi connectivity index (χ4n) is 1.68. The second-order valence-electron chi connectivity index (χ2n) is 3.84. The van der Waals surface area contributed by atoms with E-state index in [0.29, 0.717) is 6.54 Å². The number of thioether (sulfide) groups is 1. The third-order valence-electron chi connectivity index (χ3n) is 2.63. The van der Waals surface area contributed by atoms with Crippen LogP contribution in [0.15, 0.2) is 52.2 Å². The highest BCUT2D eigenvalue weighted by atomic mass is 32.2. The van der Waals surface area contributed by atoms with Gasteiger partial charge in [-0.15, -0.1) is 11.8 Å². The van der Waals surface area contributed by atoms with Gasteiger partial charge in [0, 0.05) is 11.4 Å². The summed E-state index contributed by atoms with van der Waals surface area (Å²) in [5.41, 5.74) is 1.82. The monoisotopic (exact) mass is 261 g/mol. The predicted octanol–water partition coefficient (Wildman–Crippen LogP) is 2.97. The Balaban J connectivity index is 1.91. The molecular weight excluding hydrogens is 246 g/mol. The second-order valence-corrected chi connectivity index (χ2v) is 4.69. The average molecular weight is 261 g/mol. The summed E-state index contributed by atoms with van der Waals surface area (Å²) < 4.78 is 4.98. The van der Waals surface area contributed by atoms with E-state index in [0.717, 1.165) is 22.4 Å². The smallest absolute Gasteiger partial charge is 0.252 e. The fourth-order valence-corrected chi connectivity index (χ4v) is 2.28. The Morgan fingerprint density at radius 2 is 2.17 bits per heavy atom. The Morgan fingerprint density at radius 1 is 1.33 bits per heavy atom. The molecule has 94 valence electrons. The standard InChI is InChI=1S/C14H15NO2S/c1-18-13-5-3-2-4-12(13)14(16)15-8-6-11-7-9-17-10-11/h2-5,7,9-10H,6,8H2,1H3,(H,15,16). The number of carbonyl (C=O) groups excluding carboxylic acids is 1. The first-order chi connectivity index (χ1) is 8.81. The minimum atomic E-state index is -0.0246. The number of furan rings is 1. The normalized spacial score (nSPS) is 10.3. The quantitative estimate of drug-likeness (QED) is 0.841. The van der Waals surface area contributed by atoms with Crippen molar-refractivity contribution in [3.05, 3.63) is 54.0 Å². The van der Waals surface area contributed by atoms with Crippen LogP contribution in [0.5, 0.6) is 0 Å². The van der Waals surface area contributed by atoms with Gasteiger partial charge in [0.05, 0.1) is 18.1 Å². The van der Waals surface area contributed by atoms with Crippen molar-refractivity contribution in [3.63, 3.8) is 0 Å². The molecule has 0 aliphatic rings. The molecular formula is C14H15NO2S. The zero-order valence-corrected chi connectivity index (χ0v) is 11.0. The molecule has 0 saturated heterocycles. The van der Waals surface area contributed by atoms with Crippen molar-refractivity contribution in [2.24, 2.45) is 0 Å². The zero-order chi connectivity index (χ0) is 12.8. The van der Waals surface area contributed by atoms with Crippen molar-refractivity contribution in [2.45, 2.75) is 11.3 Å². The molecule has 0 saturated carbocycles. The maximum atomic E-state index is 12.0. The Hall–Kier alpha value is -1.68. The Kier molecular flexibility index (Phi) is 4.47. The van der Waals surface area contributed by atoms with Crippen molar-refractivity contribution in [1.29, 1.82) is 0 Å². The van der Waals surface area contributed by atoms with Gasteiger partial charge < -0.3 is 9.73 Å². The topological polar surface area (TPSA) is 42.2 Å². The third kappa shape index (κ3) is 3.17. The van der Waals surface area contributed by atoms with Crippen LogP contribution in [-0.4, -0.2) is 18.7 Å². The van der Waals surface area contributed by atoms with Crippen LogP contribution < -0.4 is 5.32 Å². The first kappa shape index (κ1) is 12.8. The predicted molar refractivity (Wildman–Crippen MR) is 73.0 cm³/mol. The van der Waals surface area contributed by atoms with E-state index in [4.69, 9.17) is 4.42 Å². The molecule has 18 heavy (non-hydrogen) atoms. The number of rotatable bonds is 5. The van der Waals surface area contributed by atoms with Crippen molar-refractivity contribution in [1.82, 2.24) is 5.32 Å². The van der Waals surface area contributed by atoms with E-state index in [1.807, 2.05) is 36.6 Å². The van der Waals surface area contributed by atoms with Gasteiger partial charge in [-0.3, -0.25) is 4.79 Å². The van der Waals surface area contributed by atoms with Gasteiger partial charge in [0.15, 0.2) is 0 Å². The Labute approximate surface area is 111 Å². The van der Waals surface area contributed by atoms with E-state index < -0.39 is 0 Å². The summed E-state index contributed by atoms with van der Waals surface area (Å²) in [7, 11) is 0. The molecule has 0 spiro atoms. The second kappa shape index (κ2) is 6.31. The van der Waals surface area contributed by atoms with Gasteiger partial charge in [-0.25, -0.2) is 0 Å². The molecule has 0 aliphatic carbocycles. The molecule has 4 heteroatoms. The fraction of sp³-hybridized carbons (Fsp3) is 0.214. The third-order valence-corrected chi connectivity index (χ3v) is 3.43. The van der Waals surface area contributed by atoms with Crippen LogP contribution in [0.25, 0.3) is 0 Å². The number of hydrogen-bond acceptors (Lipinski definition) is 3. The average Bonchev–Trinajstić information content (AvgIpc) is 2.91. The lowest BCUT2D eigenvalue weighted by Crippen LogP contribution is -2.26. The minimum Gasteiger partial charge on any atom is -0.472 e. The molecule has 0 aliphatic heterocycles.